The van der Waals surface area contributed by atoms with E-state index in [0.717, 1.165) is 27.1 Å². The van der Waals surface area contributed by atoms with Crippen molar-refractivity contribution in [2.24, 2.45) is 0 Å². The topological polar surface area (TPSA) is 30.7 Å². The van der Waals surface area contributed by atoms with Crippen LogP contribution in [0.2, 0.25) is 5.02 Å². The zero-order valence-electron chi connectivity index (χ0n) is 9.56. The minimum atomic E-state index is 0.604. The predicted molar refractivity (Wildman–Crippen MR) is 76.3 cm³/mol. The highest BCUT2D eigenvalue weighted by Crippen LogP contribution is 2.27. The molecular formula is C13H9BrClN3. The molecule has 0 N–H and O–H groups in total. The van der Waals surface area contributed by atoms with Crippen LogP contribution < -0.4 is 0 Å². The van der Waals surface area contributed by atoms with E-state index in [1.807, 2.05) is 41.8 Å². The molecule has 0 aliphatic heterocycles. The van der Waals surface area contributed by atoms with Gasteiger partial charge in [0.2, 0.25) is 0 Å². The maximum absolute atomic E-state index is 5.92. The molecular weight excluding hydrogens is 314 g/mol. The van der Waals surface area contributed by atoms with Gasteiger partial charge in [-0.15, -0.1) is 0 Å². The van der Waals surface area contributed by atoms with Crippen molar-refractivity contribution in [2.75, 3.05) is 0 Å². The van der Waals surface area contributed by atoms with Crippen LogP contribution in [0.5, 0.6) is 0 Å². The van der Waals surface area contributed by atoms with Gasteiger partial charge in [0.25, 0.3) is 0 Å². The highest BCUT2D eigenvalue weighted by molar-refractivity contribution is 9.10. The third kappa shape index (κ3) is 1.82. The summed E-state index contributed by atoms with van der Waals surface area (Å²) in [5, 5.41) is 0.604. The molecule has 0 spiro atoms. The van der Waals surface area contributed by atoms with Crippen molar-refractivity contribution in [1.82, 2.24) is 14.5 Å². The van der Waals surface area contributed by atoms with Crippen LogP contribution >= 0.6 is 27.5 Å². The summed E-state index contributed by atoms with van der Waals surface area (Å²) in [6, 6.07) is 9.81. The number of halogens is 2. The fourth-order valence-corrected chi connectivity index (χ4v) is 2.80. The Labute approximate surface area is 118 Å². The zero-order chi connectivity index (χ0) is 12.7. The summed E-state index contributed by atoms with van der Waals surface area (Å²) < 4.78 is 2.86. The van der Waals surface area contributed by atoms with E-state index in [0.29, 0.717) is 5.02 Å². The molecule has 0 aliphatic rings. The van der Waals surface area contributed by atoms with E-state index in [1.54, 1.807) is 6.20 Å². The maximum Gasteiger partial charge on any atom is 0.152 e. The van der Waals surface area contributed by atoms with Crippen LogP contribution in [-0.4, -0.2) is 14.5 Å². The molecule has 18 heavy (non-hydrogen) atoms. The molecule has 2 aromatic heterocycles. The summed E-state index contributed by atoms with van der Waals surface area (Å²) in [6.45, 7) is 1.96. The van der Waals surface area contributed by atoms with Gasteiger partial charge in [0.05, 0.1) is 20.5 Å². The first-order valence-corrected chi connectivity index (χ1v) is 6.59. The minimum absolute atomic E-state index is 0.604. The molecule has 3 rings (SSSR count). The van der Waals surface area contributed by atoms with Crippen molar-refractivity contribution in [2.45, 2.75) is 6.92 Å². The number of fused-ring (bicyclic) bond motifs is 1. The van der Waals surface area contributed by atoms with Crippen molar-refractivity contribution in [3.8, 4) is 5.82 Å². The first-order valence-electron chi connectivity index (χ1n) is 5.42. The quantitative estimate of drug-likeness (QED) is 0.674. The molecule has 3 aromatic rings. The molecule has 2 heterocycles. The molecule has 0 unspecified atom stereocenters. The Hall–Kier alpha value is -1.39. The number of pyridine rings is 1. The highest BCUT2D eigenvalue weighted by Gasteiger charge is 2.12. The third-order valence-corrected chi connectivity index (χ3v) is 3.52. The number of para-hydroxylation sites is 2. The van der Waals surface area contributed by atoms with E-state index in [4.69, 9.17) is 11.6 Å². The van der Waals surface area contributed by atoms with Gasteiger partial charge in [-0.05, 0) is 41.1 Å². The molecule has 0 radical (unpaired) electrons. The van der Waals surface area contributed by atoms with E-state index in [9.17, 15) is 0 Å². The number of hydrogen-bond donors (Lipinski definition) is 0. The second-order valence-corrected chi connectivity index (χ2v) is 5.23. The minimum Gasteiger partial charge on any atom is -0.280 e. The number of rotatable bonds is 1. The van der Waals surface area contributed by atoms with Crippen LogP contribution in [0.4, 0.5) is 0 Å². The largest absolute Gasteiger partial charge is 0.280 e. The first kappa shape index (κ1) is 11.7. The zero-order valence-corrected chi connectivity index (χ0v) is 11.9. The van der Waals surface area contributed by atoms with E-state index >= 15 is 0 Å². The lowest BCUT2D eigenvalue weighted by atomic mass is 10.3. The molecule has 0 aliphatic carbocycles. The van der Waals surface area contributed by atoms with Crippen molar-refractivity contribution >= 4 is 38.6 Å². The lowest BCUT2D eigenvalue weighted by Crippen LogP contribution is -2.00. The number of hydrogen-bond acceptors (Lipinski definition) is 2. The number of aryl methyl sites for hydroxylation is 1. The molecule has 0 amide bonds. The monoisotopic (exact) mass is 321 g/mol. The Bertz CT molecular complexity index is 736. The van der Waals surface area contributed by atoms with Crippen LogP contribution in [-0.2, 0) is 0 Å². The van der Waals surface area contributed by atoms with Gasteiger partial charge in [0.15, 0.2) is 5.82 Å². The van der Waals surface area contributed by atoms with Crippen molar-refractivity contribution < 1.29 is 0 Å². The molecule has 0 bridgehead atoms. The summed E-state index contributed by atoms with van der Waals surface area (Å²) in [6.07, 6.45) is 1.63. The highest BCUT2D eigenvalue weighted by atomic mass is 79.9. The normalized spacial score (nSPS) is 11.1. The number of aromatic nitrogens is 3. The lowest BCUT2D eigenvalue weighted by molar-refractivity contribution is 0.950. The summed E-state index contributed by atoms with van der Waals surface area (Å²) in [4.78, 5) is 8.90. The smallest absolute Gasteiger partial charge is 0.152 e. The third-order valence-electron chi connectivity index (χ3n) is 2.73. The summed E-state index contributed by atoms with van der Waals surface area (Å²) in [7, 11) is 0. The average Bonchev–Trinajstić information content (AvgIpc) is 2.66. The average molecular weight is 323 g/mol. The Morgan fingerprint density at radius 2 is 2.06 bits per heavy atom. The van der Waals surface area contributed by atoms with E-state index in [1.165, 1.54) is 0 Å². The number of benzene rings is 1. The number of imidazole rings is 1. The molecule has 0 atom stereocenters. The molecule has 90 valence electrons. The standard InChI is InChI=1S/C13H9BrClN3/c1-8-17-11-4-2-3-5-12(11)18(8)13-10(14)6-9(15)7-16-13/h2-7H,1H3. The summed E-state index contributed by atoms with van der Waals surface area (Å²) in [5.74, 6) is 1.69. The van der Waals surface area contributed by atoms with Gasteiger partial charge in [0, 0.05) is 6.20 Å². The van der Waals surface area contributed by atoms with Gasteiger partial charge in [-0.3, -0.25) is 4.57 Å². The molecule has 3 nitrogen and oxygen atoms in total. The number of nitrogens with zero attached hydrogens (tertiary/aromatic N) is 3. The lowest BCUT2D eigenvalue weighted by Gasteiger charge is -2.08. The fraction of sp³-hybridized carbons (Fsp3) is 0.0769. The fourth-order valence-electron chi connectivity index (χ4n) is 1.99. The molecule has 1 aromatic carbocycles. The Morgan fingerprint density at radius 3 is 2.83 bits per heavy atom. The van der Waals surface area contributed by atoms with E-state index in [2.05, 4.69) is 25.9 Å². The first-order chi connectivity index (χ1) is 8.66. The van der Waals surface area contributed by atoms with Crippen LogP contribution in [0, 0.1) is 6.92 Å². The van der Waals surface area contributed by atoms with Crippen LogP contribution in [0.15, 0.2) is 41.0 Å². The van der Waals surface area contributed by atoms with Crippen molar-refractivity contribution in [1.29, 1.82) is 0 Å². The SMILES string of the molecule is Cc1nc2ccccc2n1-c1ncc(Cl)cc1Br. The van der Waals surface area contributed by atoms with E-state index < -0.39 is 0 Å². The van der Waals surface area contributed by atoms with Gasteiger partial charge < -0.3 is 0 Å². The van der Waals surface area contributed by atoms with Gasteiger partial charge >= 0.3 is 0 Å². The van der Waals surface area contributed by atoms with Gasteiger partial charge in [0.1, 0.15) is 5.82 Å². The van der Waals surface area contributed by atoms with Crippen LogP contribution in [0.3, 0.4) is 0 Å². The Balaban J connectivity index is 2.34. The van der Waals surface area contributed by atoms with Crippen LogP contribution in [0.1, 0.15) is 5.82 Å². The van der Waals surface area contributed by atoms with Gasteiger partial charge in [-0.2, -0.15) is 0 Å². The summed E-state index contributed by atoms with van der Waals surface area (Å²) >= 11 is 9.41. The van der Waals surface area contributed by atoms with Crippen molar-refractivity contribution in [3.05, 3.63) is 51.8 Å². The maximum atomic E-state index is 5.92. The molecule has 0 saturated carbocycles. The molecule has 5 heteroatoms. The molecule has 0 saturated heterocycles. The Morgan fingerprint density at radius 1 is 1.28 bits per heavy atom. The van der Waals surface area contributed by atoms with E-state index in [-0.39, 0.29) is 0 Å². The Kier molecular flexibility index (Phi) is 2.84. The second kappa shape index (κ2) is 4.37. The predicted octanol–water partition coefficient (Wildman–Crippen LogP) is 4.14. The van der Waals surface area contributed by atoms with Gasteiger partial charge in [-0.1, -0.05) is 23.7 Å². The van der Waals surface area contributed by atoms with Crippen LogP contribution in [0.25, 0.3) is 16.9 Å². The summed E-state index contributed by atoms with van der Waals surface area (Å²) in [5.41, 5.74) is 1.99. The van der Waals surface area contributed by atoms with Crippen molar-refractivity contribution in [3.63, 3.8) is 0 Å². The second-order valence-electron chi connectivity index (χ2n) is 3.94. The van der Waals surface area contributed by atoms with Gasteiger partial charge in [-0.25, -0.2) is 9.97 Å². The molecule has 0 fully saturated rings.